The van der Waals surface area contributed by atoms with Gasteiger partial charge in [-0.05, 0) is 48.7 Å². The lowest BCUT2D eigenvalue weighted by Crippen LogP contribution is -2.46. The maximum Gasteiger partial charge on any atom is 0.261 e. The molecule has 156 valence electrons. The van der Waals surface area contributed by atoms with Gasteiger partial charge in [0.2, 0.25) is 0 Å². The summed E-state index contributed by atoms with van der Waals surface area (Å²) in [5, 5.41) is 5.46. The standard InChI is InChI=1S/C26H29NO3/c1-4-26(5-2)17-23(22-12-8-9-13-24(22)30-26)27-25(28)18(3)29-21-15-14-19-10-6-7-11-20(19)16-21/h6-16,18,23H,4-5,17H2,1-3H3,(H,27,28)/t18-,23+/m0/s1. The van der Waals surface area contributed by atoms with Gasteiger partial charge in [0.1, 0.15) is 17.1 Å². The molecule has 1 amide bonds. The van der Waals surface area contributed by atoms with Gasteiger partial charge in [0.05, 0.1) is 6.04 Å². The second-order valence-electron chi connectivity index (χ2n) is 8.06. The summed E-state index contributed by atoms with van der Waals surface area (Å²) in [5.74, 6) is 1.44. The number of amides is 1. The molecule has 0 saturated heterocycles. The first-order chi connectivity index (χ1) is 14.5. The molecule has 0 aromatic heterocycles. The van der Waals surface area contributed by atoms with E-state index in [1.54, 1.807) is 6.92 Å². The molecule has 4 nitrogen and oxygen atoms in total. The number of fused-ring (bicyclic) bond motifs is 2. The maximum atomic E-state index is 13.0. The Hall–Kier alpha value is -3.01. The third-order valence-electron chi connectivity index (χ3n) is 6.21. The average Bonchev–Trinajstić information content (AvgIpc) is 2.78. The van der Waals surface area contributed by atoms with E-state index in [-0.39, 0.29) is 17.6 Å². The second kappa shape index (κ2) is 8.39. The van der Waals surface area contributed by atoms with Crippen LogP contribution in [0.5, 0.6) is 11.5 Å². The summed E-state index contributed by atoms with van der Waals surface area (Å²) in [6, 6.07) is 21.9. The molecular formula is C26H29NO3. The summed E-state index contributed by atoms with van der Waals surface area (Å²) in [6.07, 6.45) is 1.95. The lowest BCUT2D eigenvalue weighted by atomic mass is 9.83. The number of hydrogen-bond acceptors (Lipinski definition) is 3. The highest BCUT2D eigenvalue weighted by molar-refractivity contribution is 5.84. The molecule has 1 aliphatic heterocycles. The summed E-state index contributed by atoms with van der Waals surface area (Å²) >= 11 is 0. The SMILES string of the molecule is CCC1(CC)C[C@@H](NC(=O)[C@H](C)Oc2ccc3ccccc3c2)c2ccccc2O1. The number of hydrogen-bond donors (Lipinski definition) is 1. The molecule has 0 unspecified atom stereocenters. The third kappa shape index (κ3) is 4.00. The number of para-hydroxylation sites is 1. The van der Waals surface area contributed by atoms with Gasteiger partial charge in [-0.2, -0.15) is 0 Å². The van der Waals surface area contributed by atoms with E-state index in [9.17, 15) is 4.79 Å². The van der Waals surface area contributed by atoms with Crippen molar-refractivity contribution in [1.29, 1.82) is 0 Å². The Morgan fingerprint density at radius 3 is 2.53 bits per heavy atom. The van der Waals surface area contributed by atoms with Crippen LogP contribution in [0, 0.1) is 0 Å². The van der Waals surface area contributed by atoms with Crippen LogP contribution in [-0.4, -0.2) is 17.6 Å². The molecule has 0 saturated carbocycles. The third-order valence-corrected chi connectivity index (χ3v) is 6.21. The van der Waals surface area contributed by atoms with Crippen LogP contribution < -0.4 is 14.8 Å². The normalized spacial score (nSPS) is 18.2. The lowest BCUT2D eigenvalue weighted by molar-refractivity contribution is -0.128. The van der Waals surface area contributed by atoms with Crippen LogP contribution in [0.4, 0.5) is 0 Å². The Morgan fingerprint density at radius 1 is 1.07 bits per heavy atom. The number of rotatable bonds is 6. The van der Waals surface area contributed by atoms with E-state index in [2.05, 4.69) is 25.2 Å². The molecule has 0 spiro atoms. The monoisotopic (exact) mass is 403 g/mol. The molecule has 1 heterocycles. The quantitative estimate of drug-likeness (QED) is 0.565. The van der Waals surface area contributed by atoms with Crippen molar-refractivity contribution in [3.05, 3.63) is 72.3 Å². The fourth-order valence-electron chi connectivity index (χ4n) is 4.22. The summed E-state index contributed by atoms with van der Waals surface area (Å²) in [5.41, 5.74) is 0.774. The molecular weight excluding hydrogens is 374 g/mol. The number of carbonyl (C=O) groups is 1. The Morgan fingerprint density at radius 2 is 1.77 bits per heavy atom. The molecule has 3 aromatic rings. The molecule has 0 aliphatic carbocycles. The minimum atomic E-state index is -0.598. The summed E-state index contributed by atoms with van der Waals surface area (Å²) in [4.78, 5) is 13.0. The highest BCUT2D eigenvalue weighted by atomic mass is 16.5. The zero-order chi connectivity index (χ0) is 21.1. The van der Waals surface area contributed by atoms with Crippen LogP contribution in [0.15, 0.2) is 66.7 Å². The molecule has 1 N–H and O–H groups in total. The van der Waals surface area contributed by atoms with E-state index < -0.39 is 6.10 Å². The number of nitrogens with one attached hydrogen (secondary N) is 1. The largest absolute Gasteiger partial charge is 0.487 e. The van der Waals surface area contributed by atoms with Gasteiger partial charge in [-0.15, -0.1) is 0 Å². The maximum absolute atomic E-state index is 13.0. The number of carbonyl (C=O) groups excluding carboxylic acids is 1. The fraction of sp³-hybridized carbons (Fsp3) is 0.346. The van der Waals surface area contributed by atoms with Crippen LogP contribution in [0.25, 0.3) is 10.8 Å². The van der Waals surface area contributed by atoms with Gasteiger partial charge in [0.15, 0.2) is 6.10 Å². The molecule has 30 heavy (non-hydrogen) atoms. The first-order valence-electron chi connectivity index (χ1n) is 10.8. The van der Waals surface area contributed by atoms with E-state index in [0.29, 0.717) is 5.75 Å². The second-order valence-corrected chi connectivity index (χ2v) is 8.06. The summed E-state index contributed by atoms with van der Waals surface area (Å²) in [7, 11) is 0. The highest BCUT2D eigenvalue weighted by Gasteiger charge is 2.39. The minimum absolute atomic E-state index is 0.0926. The van der Waals surface area contributed by atoms with Gasteiger partial charge in [0.25, 0.3) is 5.91 Å². The Bertz CT molecular complexity index is 1040. The van der Waals surface area contributed by atoms with Gasteiger partial charge >= 0.3 is 0 Å². The van der Waals surface area contributed by atoms with Gasteiger partial charge in [-0.3, -0.25) is 4.79 Å². The van der Waals surface area contributed by atoms with Gasteiger partial charge in [-0.25, -0.2) is 0 Å². The molecule has 0 radical (unpaired) electrons. The molecule has 0 fully saturated rings. The average molecular weight is 404 g/mol. The highest BCUT2D eigenvalue weighted by Crippen LogP contribution is 2.42. The predicted octanol–water partition coefficient (Wildman–Crippen LogP) is 5.81. The van der Waals surface area contributed by atoms with Crippen LogP contribution >= 0.6 is 0 Å². The Labute approximate surface area is 178 Å². The molecule has 4 rings (SSSR count). The van der Waals surface area contributed by atoms with Crippen LogP contribution in [0.2, 0.25) is 0 Å². The van der Waals surface area contributed by atoms with E-state index >= 15 is 0 Å². The van der Waals surface area contributed by atoms with E-state index in [1.807, 2.05) is 60.7 Å². The van der Waals surface area contributed by atoms with E-state index in [4.69, 9.17) is 9.47 Å². The van der Waals surface area contributed by atoms with Crippen LogP contribution in [-0.2, 0) is 4.79 Å². The predicted molar refractivity (Wildman–Crippen MR) is 120 cm³/mol. The van der Waals surface area contributed by atoms with Crippen molar-refractivity contribution < 1.29 is 14.3 Å². The van der Waals surface area contributed by atoms with Crippen molar-refractivity contribution in [2.75, 3.05) is 0 Å². The van der Waals surface area contributed by atoms with Gasteiger partial charge < -0.3 is 14.8 Å². The van der Waals surface area contributed by atoms with Gasteiger partial charge in [-0.1, -0.05) is 62.4 Å². The van der Waals surface area contributed by atoms with Crippen molar-refractivity contribution in [1.82, 2.24) is 5.32 Å². The lowest BCUT2D eigenvalue weighted by Gasteiger charge is -2.41. The fourth-order valence-corrected chi connectivity index (χ4v) is 4.22. The first kappa shape index (κ1) is 20.3. The van der Waals surface area contributed by atoms with Crippen molar-refractivity contribution in [2.24, 2.45) is 0 Å². The van der Waals surface area contributed by atoms with E-state index in [0.717, 1.165) is 41.3 Å². The van der Waals surface area contributed by atoms with Crippen LogP contribution in [0.3, 0.4) is 0 Å². The zero-order valence-electron chi connectivity index (χ0n) is 17.9. The molecule has 2 atom stereocenters. The number of benzene rings is 3. The minimum Gasteiger partial charge on any atom is -0.487 e. The van der Waals surface area contributed by atoms with Crippen molar-refractivity contribution >= 4 is 16.7 Å². The van der Waals surface area contributed by atoms with Crippen molar-refractivity contribution in [3.8, 4) is 11.5 Å². The van der Waals surface area contributed by atoms with Crippen LogP contribution in [0.1, 0.15) is 51.6 Å². The molecule has 3 aromatic carbocycles. The zero-order valence-corrected chi connectivity index (χ0v) is 17.9. The van der Waals surface area contributed by atoms with Crippen molar-refractivity contribution in [3.63, 3.8) is 0 Å². The molecule has 0 bridgehead atoms. The molecule has 1 aliphatic rings. The molecule has 4 heteroatoms. The van der Waals surface area contributed by atoms with E-state index in [1.165, 1.54) is 0 Å². The van der Waals surface area contributed by atoms with Gasteiger partial charge in [0, 0.05) is 12.0 Å². The summed E-state index contributed by atoms with van der Waals surface area (Å²) in [6.45, 7) is 6.08. The number of ether oxygens (including phenoxy) is 2. The first-order valence-corrected chi connectivity index (χ1v) is 10.8. The Kier molecular flexibility index (Phi) is 5.67. The Balaban J connectivity index is 1.50. The smallest absolute Gasteiger partial charge is 0.261 e. The summed E-state index contributed by atoms with van der Waals surface area (Å²) < 4.78 is 12.3. The van der Waals surface area contributed by atoms with Crippen molar-refractivity contribution in [2.45, 2.75) is 57.8 Å². The topological polar surface area (TPSA) is 47.6 Å².